The lowest BCUT2D eigenvalue weighted by Gasteiger charge is -2.40. The lowest BCUT2D eigenvalue weighted by atomic mass is 9.89. The SMILES string of the molecule is O=C(C(c1ccccc1)c1ccccc1)N1CCNC[C@H]1CN1CC[C@H](O)C1. The van der Waals surface area contributed by atoms with Gasteiger partial charge in [-0.25, -0.2) is 0 Å². The van der Waals surface area contributed by atoms with Crippen LogP contribution in [0, 0.1) is 0 Å². The van der Waals surface area contributed by atoms with E-state index < -0.39 is 0 Å². The van der Waals surface area contributed by atoms with E-state index in [9.17, 15) is 9.90 Å². The van der Waals surface area contributed by atoms with Crippen molar-refractivity contribution in [1.82, 2.24) is 15.1 Å². The molecule has 0 aromatic heterocycles. The highest BCUT2D eigenvalue weighted by atomic mass is 16.3. The van der Waals surface area contributed by atoms with Crippen molar-refractivity contribution in [2.24, 2.45) is 0 Å². The number of benzene rings is 2. The first kappa shape index (κ1) is 19.1. The van der Waals surface area contributed by atoms with Crippen LogP contribution >= 0.6 is 0 Å². The number of β-amino-alcohol motifs (C(OH)–C–C–N with tert-alkyl or cyclic N) is 1. The van der Waals surface area contributed by atoms with Gasteiger partial charge in [0.25, 0.3) is 0 Å². The van der Waals surface area contributed by atoms with Crippen molar-refractivity contribution in [1.29, 1.82) is 0 Å². The van der Waals surface area contributed by atoms with E-state index in [1.807, 2.05) is 60.7 Å². The van der Waals surface area contributed by atoms with Crippen LogP contribution in [0.2, 0.25) is 0 Å². The zero-order chi connectivity index (χ0) is 19.3. The first-order valence-corrected chi connectivity index (χ1v) is 10.2. The van der Waals surface area contributed by atoms with E-state index in [1.165, 1.54) is 0 Å². The summed E-state index contributed by atoms with van der Waals surface area (Å²) < 4.78 is 0. The van der Waals surface area contributed by atoms with Crippen molar-refractivity contribution in [2.75, 3.05) is 39.3 Å². The molecule has 4 rings (SSSR count). The number of aliphatic hydroxyl groups is 1. The highest BCUT2D eigenvalue weighted by Gasteiger charge is 2.35. The molecule has 2 fully saturated rings. The zero-order valence-corrected chi connectivity index (χ0v) is 16.2. The Labute approximate surface area is 167 Å². The smallest absolute Gasteiger partial charge is 0.234 e. The van der Waals surface area contributed by atoms with Crippen LogP contribution in [0.3, 0.4) is 0 Å². The number of carbonyl (C=O) groups is 1. The fraction of sp³-hybridized carbons (Fsp3) is 0.435. The highest BCUT2D eigenvalue weighted by Crippen LogP contribution is 2.28. The van der Waals surface area contributed by atoms with Gasteiger partial charge in [-0.05, 0) is 17.5 Å². The molecule has 1 amide bonds. The molecular weight excluding hydrogens is 350 g/mol. The summed E-state index contributed by atoms with van der Waals surface area (Å²) in [4.78, 5) is 18.1. The average Bonchev–Trinajstić information content (AvgIpc) is 3.15. The van der Waals surface area contributed by atoms with Crippen LogP contribution in [0.4, 0.5) is 0 Å². The van der Waals surface area contributed by atoms with Gasteiger partial charge in [-0.15, -0.1) is 0 Å². The summed E-state index contributed by atoms with van der Waals surface area (Å²) in [7, 11) is 0. The fourth-order valence-corrected chi connectivity index (χ4v) is 4.42. The first-order chi connectivity index (χ1) is 13.7. The first-order valence-electron chi connectivity index (χ1n) is 10.2. The molecule has 2 aliphatic rings. The molecule has 2 N–H and O–H groups in total. The lowest BCUT2D eigenvalue weighted by Crippen LogP contribution is -2.58. The number of hydrogen-bond acceptors (Lipinski definition) is 4. The number of piperazine rings is 1. The van der Waals surface area contributed by atoms with Crippen molar-refractivity contribution >= 4 is 5.91 Å². The van der Waals surface area contributed by atoms with Crippen molar-refractivity contribution in [3.8, 4) is 0 Å². The third kappa shape index (κ3) is 4.27. The Hall–Kier alpha value is -2.21. The van der Waals surface area contributed by atoms with Crippen molar-refractivity contribution in [2.45, 2.75) is 24.5 Å². The Bertz CT molecular complexity index is 728. The Morgan fingerprint density at radius 1 is 1.04 bits per heavy atom. The maximum Gasteiger partial charge on any atom is 0.234 e. The van der Waals surface area contributed by atoms with Crippen LogP contribution < -0.4 is 5.32 Å². The number of carbonyl (C=O) groups excluding carboxylic acids is 1. The van der Waals surface area contributed by atoms with Crippen LogP contribution in [0.25, 0.3) is 0 Å². The Morgan fingerprint density at radius 2 is 1.68 bits per heavy atom. The van der Waals surface area contributed by atoms with Gasteiger partial charge in [-0.1, -0.05) is 60.7 Å². The molecule has 2 aromatic carbocycles. The lowest BCUT2D eigenvalue weighted by molar-refractivity contribution is -0.135. The van der Waals surface area contributed by atoms with E-state index in [0.29, 0.717) is 6.54 Å². The Morgan fingerprint density at radius 3 is 2.25 bits per heavy atom. The van der Waals surface area contributed by atoms with Gasteiger partial charge in [0.05, 0.1) is 18.1 Å². The molecule has 5 nitrogen and oxygen atoms in total. The third-order valence-corrected chi connectivity index (χ3v) is 5.86. The van der Waals surface area contributed by atoms with Gasteiger partial charge in [0, 0.05) is 39.3 Å². The van der Waals surface area contributed by atoms with Crippen molar-refractivity contribution in [3.05, 3.63) is 71.8 Å². The van der Waals surface area contributed by atoms with E-state index in [0.717, 1.165) is 50.3 Å². The molecule has 5 heteroatoms. The van der Waals surface area contributed by atoms with Crippen molar-refractivity contribution in [3.63, 3.8) is 0 Å². The minimum Gasteiger partial charge on any atom is -0.392 e. The second-order valence-corrected chi connectivity index (χ2v) is 7.85. The molecule has 148 valence electrons. The van der Waals surface area contributed by atoms with Gasteiger partial charge < -0.3 is 15.3 Å². The Kier molecular flexibility index (Phi) is 6.05. The maximum absolute atomic E-state index is 13.8. The largest absolute Gasteiger partial charge is 0.392 e. The zero-order valence-electron chi connectivity index (χ0n) is 16.2. The number of hydrogen-bond donors (Lipinski definition) is 2. The summed E-state index contributed by atoms with van der Waals surface area (Å²) in [6.45, 7) is 4.76. The van der Waals surface area contributed by atoms with Gasteiger partial charge in [-0.2, -0.15) is 0 Å². The molecule has 0 saturated carbocycles. The molecule has 28 heavy (non-hydrogen) atoms. The second-order valence-electron chi connectivity index (χ2n) is 7.85. The highest BCUT2D eigenvalue weighted by molar-refractivity contribution is 5.87. The second kappa shape index (κ2) is 8.86. The summed E-state index contributed by atoms with van der Waals surface area (Å²) in [5.41, 5.74) is 2.07. The van der Waals surface area contributed by atoms with Gasteiger partial charge in [-0.3, -0.25) is 9.69 Å². The standard InChI is InChI=1S/C23H29N3O2/c27-21-11-13-25(17-21)16-20-15-24-12-14-26(20)23(28)22(18-7-3-1-4-8-18)19-9-5-2-6-10-19/h1-10,20-22,24,27H,11-17H2/t20-,21-/m0/s1. The maximum atomic E-state index is 13.8. The molecule has 0 unspecified atom stereocenters. The average molecular weight is 380 g/mol. The normalized spacial score (nSPS) is 23.3. The Balaban J connectivity index is 1.59. The molecule has 2 aliphatic heterocycles. The molecule has 0 spiro atoms. The van der Waals surface area contributed by atoms with Gasteiger partial charge in [0.15, 0.2) is 0 Å². The number of nitrogens with one attached hydrogen (secondary N) is 1. The molecule has 2 aromatic rings. The molecular formula is C23H29N3O2. The van der Waals surface area contributed by atoms with Crippen LogP contribution in [0.5, 0.6) is 0 Å². The number of rotatable bonds is 5. The topological polar surface area (TPSA) is 55.8 Å². The quantitative estimate of drug-likeness (QED) is 0.830. The third-order valence-electron chi connectivity index (χ3n) is 5.86. The van der Waals surface area contributed by atoms with Crippen LogP contribution in [-0.2, 0) is 4.79 Å². The van der Waals surface area contributed by atoms with E-state index in [2.05, 4.69) is 15.1 Å². The molecule has 0 bridgehead atoms. The van der Waals surface area contributed by atoms with E-state index in [-0.39, 0.29) is 24.0 Å². The van der Waals surface area contributed by atoms with Crippen molar-refractivity contribution < 1.29 is 9.90 Å². The minimum absolute atomic E-state index is 0.126. The predicted octanol–water partition coefficient (Wildman–Crippen LogP) is 1.69. The summed E-state index contributed by atoms with van der Waals surface area (Å²) >= 11 is 0. The van der Waals surface area contributed by atoms with Crippen LogP contribution in [0.15, 0.2) is 60.7 Å². The monoisotopic (exact) mass is 379 g/mol. The fourth-order valence-electron chi connectivity index (χ4n) is 4.42. The number of likely N-dealkylation sites (tertiary alicyclic amines) is 1. The van der Waals surface area contributed by atoms with E-state index >= 15 is 0 Å². The molecule has 2 heterocycles. The summed E-state index contributed by atoms with van der Waals surface area (Å²) in [6.07, 6.45) is 0.590. The predicted molar refractivity (Wildman–Crippen MR) is 110 cm³/mol. The van der Waals surface area contributed by atoms with Crippen LogP contribution in [0.1, 0.15) is 23.5 Å². The molecule has 0 radical (unpaired) electrons. The summed E-state index contributed by atoms with van der Waals surface area (Å²) in [5.74, 6) is -0.115. The molecule has 0 aliphatic carbocycles. The number of amides is 1. The van der Waals surface area contributed by atoms with Gasteiger partial charge >= 0.3 is 0 Å². The number of nitrogens with zero attached hydrogens (tertiary/aromatic N) is 2. The van der Waals surface area contributed by atoms with Crippen LogP contribution in [-0.4, -0.2) is 72.2 Å². The summed E-state index contributed by atoms with van der Waals surface area (Å²) in [6, 6.07) is 20.3. The van der Waals surface area contributed by atoms with E-state index in [1.54, 1.807) is 0 Å². The molecule has 2 saturated heterocycles. The van der Waals surface area contributed by atoms with Gasteiger partial charge in [0.1, 0.15) is 0 Å². The van der Waals surface area contributed by atoms with Gasteiger partial charge in [0.2, 0.25) is 5.91 Å². The van der Waals surface area contributed by atoms with E-state index in [4.69, 9.17) is 0 Å². The minimum atomic E-state index is -0.285. The molecule has 2 atom stereocenters. The number of aliphatic hydroxyl groups excluding tert-OH is 1. The summed E-state index contributed by atoms with van der Waals surface area (Å²) in [5, 5.41) is 13.3.